The number of hydrogen-bond acceptors (Lipinski definition) is 8. The van der Waals surface area contributed by atoms with Crippen molar-refractivity contribution in [1.29, 1.82) is 0 Å². The Morgan fingerprint density at radius 1 is 0.787 bits per heavy atom. The third kappa shape index (κ3) is 25.4. The van der Waals surface area contributed by atoms with Crippen LogP contribution in [0.4, 0.5) is 0 Å². The molecular weight excluding hydrogens is 633 g/mol. The smallest absolute Gasteiger partial charge is 0.329 e. The van der Waals surface area contributed by atoms with E-state index in [0.29, 0.717) is 38.6 Å². The third-order valence-corrected chi connectivity index (χ3v) is 10.4. The number of ether oxygens (including phenoxy) is 1. The highest BCUT2D eigenvalue weighted by molar-refractivity contribution is 8.77. The Morgan fingerprint density at radius 3 is 2.00 bits per heavy atom. The number of rotatable bonds is 28. The van der Waals surface area contributed by atoms with Gasteiger partial charge in [0.2, 0.25) is 11.8 Å². The molecule has 2 amide bonds. The van der Waals surface area contributed by atoms with Gasteiger partial charge in [-0.1, -0.05) is 95.7 Å². The molecule has 1 aliphatic heterocycles. The fraction of sp³-hybridized carbons (Fsp3) is 0.649. The van der Waals surface area contributed by atoms with E-state index < -0.39 is 31.3 Å². The maximum atomic E-state index is 12.7. The van der Waals surface area contributed by atoms with Gasteiger partial charge in [-0.3, -0.25) is 9.59 Å². The van der Waals surface area contributed by atoms with Crippen LogP contribution in [0.3, 0.4) is 0 Å². The first-order valence-electron chi connectivity index (χ1n) is 17.5. The van der Waals surface area contributed by atoms with Crippen LogP contribution in [0.5, 0.6) is 0 Å². The van der Waals surface area contributed by atoms with Gasteiger partial charge in [0.1, 0.15) is 12.1 Å². The van der Waals surface area contributed by atoms with E-state index in [-0.39, 0.29) is 18.2 Å². The SMILES string of the molecule is CC/C=C\C/C=C\C/C=C\C/C=C\C/C=C\CCCC(=O)N[C@@H](CCCCNC(=O)CCCC[C@@H]1CCSS1)C(=O)OC(CO)CO. The first-order valence-corrected chi connectivity index (χ1v) is 19.9. The molecule has 1 rings (SSSR count). The van der Waals surface area contributed by atoms with Crippen LogP contribution < -0.4 is 10.6 Å². The normalized spacial score (nSPS) is 16.0. The second-order valence-corrected chi connectivity index (χ2v) is 14.4. The zero-order valence-electron chi connectivity index (χ0n) is 28.5. The number of amides is 2. The molecular formula is C37H60N2O6S2. The Hall–Kier alpha value is -2.27. The molecule has 0 unspecified atom stereocenters. The summed E-state index contributed by atoms with van der Waals surface area (Å²) >= 11 is 0. The number of carbonyl (C=O) groups is 3. The van der Waals surface area contributed by atoms with Crippen molar-refractivity contribution in [3.63, 3.8) is 0 Å². The first-order chi connectivity index (χ1) is 23.0. The number of aliphatic hydroxyl groups excluding tert-OH is 2. The molecule has 0 aliphatic carbocycles. The van der Waals surface area contributed by atoms with E-state index in [1.165, 1.54) is 18.6 Å². The molecule has 8 nitrogen and oxygen atoms in total. The Labute approximate surface area is 291 Å². The number of hydrogen-bond donors (Lipinski definition) is 4. The van der Waals surface area contributed by atoms with Gasteiger partial charge < -0.3 is 25.6 Å². The quantitative estimate of drug-likeness (QED) is 0.0292. The van der Waals surface area contributed by atoms with E-state index in [9.17, 15) is 24.6 Å². The molecule has 0 aromatic rings. The summed E-state index contributed by atoms with van der Waals surface area (Å²) in [7, 11) is 3.91. The lowest BCUT2D eigenvalue weighted by atomic mass is 10.1. The molecule has 2 atom stereocenters. The van der Waals surface area contributed by atoms with Crippen molar-refractivity contribution in [3.05, 3.63) is 60.8 Å². The second-order valence-electron chi connectivity index (χ2n) is 11.6. The lowest BCUT2D eigenvalue weighted by molar-refractivity contribution is -0.157. The number of allylic oxidation sites excluding steroid dienone is 10. The van der Waals surface area contributed by atoms with Crippen LogP contribution in [0.2, 0.25) is 0 Å². The monoisotopic (exact) mass is 692 g/mol. The van der Waals surface area contributed by atoms with Crippen LogP contribution in [-0.4, -0.2) is 70.9 Å². The summed E-state index contributed by atoms with van der Waals surface area (Å²) in [4.78, 5) is 37.5. The molecule has 0 aromatic heterocycles. The summed E-state index contributed by atoms with van der Waals surface area (Å²) in [5, 5.41) is 25.0. The highest BCUT2D eigenvalue weighted by Crippen LogP contribution is 2.39. The number of aliphatic hydroxyl groups is 2. The van der Waals surface area contributed by atoms with E-state index >= 15 is 0 Å². The first kappa shape index (κ1) is 42.8. The van der Waals surface area contributed by atoms with Gasteiger partial charge >= 0.3 is 5.97 Å². The number of nitrogens with one attached hydrogen (secondary N) is 2. The van der Waals surface area contributed by atoms with Crippen molar-refractivity contribution in [2.24, 2.45) is 0 Å². The Kier molecular flexibility index (Phi) is 28.2. The lowest BCUT2D eigenvalue weighted by Gasteiger charge is -2.20. The molecule has 0 radical (unpaired) electrons. The van der Waals surface area contributed by atoms with Crippen molar-refractivity contribution >= 4 is 39.4 Å². The van der Waals surface area contributed by atoms with Gasteiger partial charge in [-0.15, -0.1) is 0 Å². The highest BCUT2D eigenvalue weighted by atomic mass is 33.1. The molecule has 1 heterocycles. The van der Waals surface area contributed by atoms with Crippen LogP contribution in [0.1, 0.15) is 110 Å². The largest absolute Gasteiger partial charge is 0.456 e. The zero-order chi connectivity index (χ0) is 34.2. The molecule has 0 bridgehead atoms. The molecule has 1 fully saturated rings. The molecule has 0 spiro atoms. The minimum Gasteiger partial charge on any atom is -0.456 e. The second kappa shape index (κ2) is 31.0. The standard InChI is InChI=1S/C37H60N2O6S2/c1-2-3-4-5-6-7-8-9-10-11-12-13-14-15-16-17-18-26-36(43)39-34(37(44)45-32(30-40)31-41)24-21-22-28-38-35(42)25-20-19-23-33-27-29-46-47-33/h3-4,6-7,9-10,12-13,15-16,32-34,40-41H,2,5,8,11,14,17-31H2,1H3,(H,38,42)(H,39,43)/b4-3-,7-6-,10-9-,13-12-,16-15-/t33-,34+/m1/s1. The van der Waals surface area contributed by atoms with Gasteiger partial charge in [0.15, 0.2) is 0 Å². The molecule has 47 heavy (non-hydrogen) atoms. The number of esters is 1. The van der Waals surface area contributed by atoms with Gasteiger partial charge in [-0.2, -0.15) is 0 Å². The summed E-state index contributed by atoms with van der Waals surface area (Å²) in [6.07, 6.45) is 33.4. The van der Waals surface area contributed by atoms with Crippen molar-refractivity contribution in [3.8, 4) is 0 Å². The fourth-order valence-electron chi connectivity index (χ4n) is 4.65. The van der Waals surface area contributed by atoms with Gasteiger partial charge in [-0.05, 0) is 83.5 Å². The highest BCUT2D eigenvalue weighted by Gasteiger charge is 2.24. The maximum Gasteiger partial charge on any atom is 0.329 e. The molecule has 0 saturated carbocycles. The summed E-state index contributed by atoms with van der Waals surface area (Å²) in [6, 6.07) is -0.876. The molecule has 10 heteroatoms. The van der Waals surface area contributed by atoms with E-state index in [2.05, 4.69) is 78.3 Å². The average Bonchev–Trinajstić information content (AvgIpc) is 3.60. The van der Waals surface area contributed by atoms with Crippen LogP contribution in [-0.2, 0) is 19.1 Å². The van der Waals surface area contributed by atoms with Crippen molar-refractivity contribution in [2.75, 3.05) is 25.5 Å². The maximum absolute atomic E-state index is 12.7. The van der Waals surface area contributed by atoms with Crippen molar-refractivity contribution in [1.82, 2.24) is 10.6 Å². The predicted molar refractivity (Wildman–Crippen MR) is 198 cm³/mol. The van der Waals surface area contributed by atoms with E-state index in [4.69, 9.17) is 4.74 Å². The summed E-state index contributed by atoms with van der Waals surface area (Å²) in [5.74, 6) is 0.357. The van der Waals surface area contributed by atoms with Crippen LogP contribution in [0.25, 0.3) is 0 Å². The van der Waals surface area contributed by atoms with Crippen molar-refractivity contribution in [2.45, 2.75) is 127 Å². The van der Waals surface area contributed by atoms with E-state index in [1.54, 1.807) is 0 Å². The molecule has 266 valence electrons. The predicted octanol–water partition coefficient (Wildman–Crippen LogP) is 7.29. The number of unbranched alkanes of at least 4 members (excludes halogenated alkanes) is 3. The van der Waals surface area contributed by atoms with Gasteiger partial charge in [0, 0.05) is 30.4 Å². The Balaban J connectivity index is 2.26. The van der Waals surface area contributed by atoms with Crippen LogP contribution >= 0.6 is 21.6 Å². The fourth-order valence-corrected chi connectivity index (χ4v) is 7.68. The van der Waals surface area contributed by atoms with Gasteiger partial charge in [0.05, 0.1) is 13.2 Å². The van der Waals surface area contributed by atoms with E-state index in [1.807, 2.05) is 21.6 Å². The van der Waals surface area contributed by atoms with E-state index in [0.717, 1.165) is 56.6 Å². The molecule has 4 N–H and O–H groups in total. The zero-order valence-corrected chi connectivity index (χ0v) is 30.1. The third-order valence-electron chi connectivity index (χ3n) is 7.39. The van der Waals surface area contributed by atoms with Crippen LogP contribution in [0, 0.1) is 0 Å². The number of carbonyl (C=O) groups excluding carboxylic acids is 3. The summed E-state index contributed by atoms with van der Waals surface area (Å²) in [5.41, 5.74) is 0. The molecule has 0 aromatic carbocycles. The lowest BCUT2D eigenvalue weighted by Crippen LogP contribution is -2.44. The van der Waals surface area contributed by atoms with Crippen molar-refractivity contribution < 1.29 is 29.3 Å². The average molecular weight is 693 g/mol. The van der Waals surface area contributed by atoms with Gasteiger partial charge in [-0.25, -0.2) is 4.79 Å². The Bertz CT molecular complexity index is 972. The summed E-state index contributed by atoms with van der Waals surface area (Å²) < 4.78 is 5.18. The molecule has 1 saturated heterocycles. The van der Waals surface area contributed by atoms with Crippen LogP contribution in [0.15, 0.2) is 60.8 Å². The summed E-state index contributed by atoms with van der Waals surface area (Å²) in [6.45, 7) is 1.64. The minimum atomic E-state index is -1.03. The van der Waals surface area contributed by atoms with Gasteiger partial charge in [0.25, 0.3) is 0 Å². The topological polar surface area (TPSA) is 125 Å². The molecule has 1 aliphatic rings. The Morgan fingerprint density at radius 2 is 1.40 bits per heavy atom. The minimum absolute atomic E-state index is 0.0453.